The van der Waals surface area contributed by atoms with Crippen LogP contribution in [0.15, 0.2) is 102 Å². The van der Waals surface area contributed by atoms with E-state index in [-0.39, 0.29) is 23.6 Å². The van der Waals surface area contributed by atoms with Crippen molar-refractivity contribution in [3.05, 3.63) is 114 Å². The first kappa shape index (κ1) is 34.3. The van der Waals surface area contributed by atoms with Crippen molar-refractivity contribution in [3.63, 3.8) is 0 Å². The minimum absolute atomic E-state index is 0.00767. The summed E-state index contributed by atoms with van der Waals surface area (Å²) < 4.78 is 29.5. The van der Waals surface area contributed by atoms with Gasteiger partial charge in [-0.25, -0.2) is 8.42 Å². The molecule has 46 heavy (non-hydrogen) atoms. The maximum atomic E-state index is 13.7. The molecule has 0 radical (unpaired) electrons. The summed E-state index contributed by atoms with van der Waals surface area (Å²) in [7, 11) is -4.30. The Bertz CT molecular complexity index is 1800. The third-order valence-electron chi connectivity index (χ3n) is 7.33. The van der Waals surface area contributed by atoms with Crippen LogP contribution in [-0.4, -0.2) is 55.0 Å². The van der Waals surface area contributed by atoms with E-state index in [2.05, 4.69) is 15.4 Å². The highest BCUT2D eigenvalue weighted by atomic mass is 32.2. The summed E-state index contributed by atoms with van der Waals surface area (Å²) in [4.78, 5) is 38.7. The third kappa shape index (κ3) is 9.23. The van der Waals surface area contributed by atoms with Gasteiger partial charge >= 0.3 is 0 Å². The number of fused-ring (bicyclic) bond motifs is 1. The van der Waals surface area contributed by atoms with Crippen LogP contribution < -0.4 is 21.1 Å². The van der Waals surface area contributed by atoms with E-state index in [0.29, 0.717) is 21.9 Å². The highest BCUT2D eigenvalue weighted by Crippen LogP contribution is 2.23. The molecule has 0 spiro atoms. The Morgan fingerprint density at radius 3 is 2.15 bits per heavy atom. The lowest BCUT2D eigenvalue weighted by molar-refractivity contribution is -0.127. The number of primary amides is 1. The third-order valence-corrected chi connectivity index (χ3v) is 8.86. The zero-order valence-electron chi connectivity index (χ0n) is 26.1. The van der Waals surface area contributed by atoms with Crippen LogP contribution in [0.4, 0.5) is 0 Å². The van der Waals surface area contributed by atoms with Gasteiger partial charge in [0.2, 0.25) is 21.8 Å². The van der Waals surface area contributed by atoms with Gasteiger partial charge in [-0.1, -0.05) is 84.9 Å². The normalized spacial score (nSPS) is 13.8. The number of aliphatic hydroxyl groups is 1. The second-order valence-electron chi connectivity index (χ2n) is 12.3. The molecule has 0 saturated heterocycles. The molecule has 0 fully saturated rings. The van der Waals surface area contributed by atoms with Gasteiger partial charge in [0.25, 0.3) is 5.91 Å². The zero-order chi connectivity index (χ0) is 33.5. The van der Waals surface area contributed by atoms with E-state index in [0.717, 1.165) is 5.56 Å². The van der Waals surface area contributed by atoms with Gasteiger partial charge in [0.1, 0.15) is 6.04 Å². The van der Waals surface area contributed by atoms with Crippen LogP contribution in [-0.2, 0) is 32.5 Å². The Labute approximate surface area is 269 Å². The number of benzene rings is 4. The molecule has 6 N–H and O–H groups in total. The number of rotatable bonds is 13. The van der Waals surface area contributed by atoms with Crippen molar-refractivity contribution in [3.8, 4) is 0 Å². The van der Waals surface area contributed by atoms with E-state index in [9.17, 15) is 27.9 Å². The lowest BCUT2D eigenvalue weighted by atomic mass is 9.93. The number of hydrogen-bond acceptors (Lipinski definition) is 6. The van der Waals surface area contributed by atoms with Crippen LogP contribution in [0, 0.1) is 0 Å². The molecule has 0 aromatic heterocycles. The molecule has 0 unspecified atom stereocenters. The molecule has 0 aliphatic carbocycles. The van der Waals surface area contributed by atoms with Crippen molar-refractivity contribution >= 4 is 38.5 Å². The maximum absolute atomic E-state index is 13.7. The molecule has 3 amide bonds. The first-order valence-corrected chi connectivity index (χ1v) is 16.4. The maximum Gasteiger partial charge on any atom is 0.251 e. The average Bonchev–Trinajstić information content (AvgIpc) is 2.99. The van der Waals surface area contributed by atoms with Gasteiger partial charge in [-0.3, -0.25) is 14.4 Å². The van der Waals surface area contributed by atoms with Gasteiger partial charge in [0.05, 0.1) is 23.5 Å². The molecule has 10 nitrogen and oxygen atoms in total. The highest BCUT2D eigenvalue weighted by Gasteiger charge is 2.32. The Balaban J connectivity index is 1.62. The summed E-state index contributed by atoms with van der Waals surface area (Å²) in [6.45, 7) is 5.60. The Morgan fingerprint density at radius 1 is 0.826 bits per heavy atom. The first-order chi connectivity index (χ1) is 21.7. The lowest BCUT2D eigenvalue weighted by Crippen LogP contribution is -2.54. The molecule has 4 rings (SSSR count). The van der Waals surface area contributed by atoms with Crippen molar-refractivity contribution in [2.24, 2.45) is 5.73 Å². The SMILES string of the molecule is CC(C)(C)NC(=O)c1ccccc1C[C@@H](O)[C@H](Cc1ccccc1)NC(=O)[C@H](CC(N)=O)NS(=O)(=O)c1cccc2ccccc12. The number of carbonyl (C=O) groups excluding carboxylic acids is 3. The van der Waals surface area contributed by atoms with Crippen molar-refractivity contribution < 1.29 is 27.9 Å². The molecule has 0 heterocycles. The number of amides is 3. The van der Waals surface area contributed by atoms with Gasteiger partial charge in [-0.15, -0.1) is 0 Å². The average molecular weight is 645 g/mol. The Hall–Kier alpha value is -4.58. The summed E-state index contributed by atoms with van der Waals surface area (Å²) in [6.07, 6.45) is -1.62. The summed E-state index contributed by atoms with van der Waals surface area (Å²) in [5.74, 6) is -2.02. The zero-order valence-corrected chi connectivity index (χ0v) is 26.9. The van der Waals surface area contributed by atoms with Crippen LogP contribution in [0.1, 0.15) is 48.7 Å². The van der Waals surface area contributed by atoms with E-state index in [1.54, 1.807) is 60.7 Å². The molecule has 0 saturated carbocycles. The molecule has 11 heteroatoms. The second-order valence-corrected chi connectivity index (χ2v) is 13.9. The first-order valence-electron chi connectivity index (χ1n) is 14.9. The molecule has 242 valence electrons. The van der Waals surface area contributed by atoms with E-state index in [1.807, 2.05) is 51.1 Å². The van der Waals surface area contributed by atoms with E-state index < -0.39 is 52.0 Å². The summed E-state index contributed by atoms with van der Waals surface area (Å²) >= 11 is 0. The van der Waals surface area contributed by atoms with Crippen LogP contribution in [0.25, 0.3) is 10.8 Å². The molecule has 3 atom stereocenters. The Kier molecular flexibility index (Phi) is 10.9. The highest BCUT2D eigenvalue weighted by molar-refractivity contribution is 7.89. The largest absolute Gasteiger partial charge is 0.391 e. The summed E-state index contributed by atoms with van der Waals surface area (Å²) in [5.41, 5.74) is 6.71. The number of aliphatic hydroxyl groups excluding tert-OH is 1. The van der Waals surface area contributed by atoms with E-state index in [4.69, 9.17) is 5.73 Å². The molecule has 4 aromatic carbocycles. The number of hydrogen-bond donors (Lipinski definition) is 5. The minimum atomic E-state index is -4.30. The number of sulfonamides is 1. The molecule has 4 aromatic rings. The second kappa shape index (κ2) is 14.7. The predicted octanol–water partition coefficient (Wildman–Crippen LogP) is 3.22. The molecular weight excluding hydrogens is 604 g/mol. The van der Waals surface area contributed by atoms with Gasteiger partial charge in [-0.2, -0.15) is 4.72 Å². The quantitative estimate of drug-likeness (QED) is 0.150. The number of nitrogens with one attached hydrogen (secondary N) is 3. The van der Waals surface area contributed by atoms with Crippen molar-refractivity contribution in [1.82, 2.24) is 15.4 Å². The van der Waals surface area contributed by atoms with Crippen molar-refractivity contribution in [1.29, 1.82) is 0 Å². The van der Waals surface area contributed by atoms with Crippen molar-refractivity contribution in [2.45, 2.75) is 68.7 Å². The van der Waals surface area contributed by atoms with Gasteiger partial charge in [0.15, 0.2) is 0 Å². The van der Waals surface area contributed by atoms with Crippen LogP contribution in [0.3, 0.4) is 0 Å². The van der Waals surface area contributed by atoms with Crippen LogP contribution >= 0.6 is 0 Å². The fraction of sp³-hybridized carbons (Fsp3) is 0.286. The fourth-order valence-corrected chi connectivity index (χ4v) is 6.62. The van der Waals surface area contributed by atoms with E-state index >= 15 is 0 Å². The van der Waals surface area contributed by atoms with Gasteiger partial charge in [-0.05, 0) is 55.8 Å². The fourth-order valence-electron chi connectivity index (χ4n) is 5.20. The van der Waals surface area contributed by atoms with Gasteiger partial charge in [0, 0.05) is 22.9 Å². The van der Waals surface area contributed by atoms with Crippen LogP contribution in [0.2, 0.25) is 0 Å². The number of nitrogens with two attached hydrogens (primary N) is 1. The topological polar surface area (TPSA) is 168 Å². The van der Waals surface area contributed by atoms with Gasteiger partial charge < -0.3 is 21.5 Å². The molecule has 0 bridgehead atoms. The minimum Gasteiger partial charge on any atom is -0.391 e. The smallest absolute Gasteiger partial charge is 0.251 e. The molecular formula is C35H40N4O6S. The van der Waals surface area contributed by atoms with Crippen LogP contribution in [0.5, 0.6) is 0 Å². The molecule has 0 aliphatic heterocycles. The summed E-state index contributed by atoms with van der Waals surface area (Å²) in [6, 6.07) is 25.2. The van der Waals surface area contributed by atoms with E-state index in [1.165, 1.54) is 6.07 Å². The monoisotopic (exact) mass is 644 g/mol. The number of carbonyl (C=O) groups is 3. The summed E-state index contributed by atoms with van der Waals surface area (Å²) in [5, 5.41) is 18.4. The standard InChI is InChI=1S/C35H40N4O6S/c1-35(2,3)38-33(42)27-18-10-8-15-25(27)21-30(40)28(20-23-12-5-4-6-13-23)37-34(43)29(22-32(36)41)39-46(44,45)31-19-11-16-24-14-7-9-17-26(24)31/h4-19,28-30,39-40H,20-22H2,1-3H3,(H2,36,41)(H,37,43)(H,38,42)/t28-,29-,30+/m0/s1. The molecule has 0 aliphatic rings. The Morgan fingerprint density at radius 2 is 1.46 bits per heavy atom. The predicted molar refractivity (Wildman–Crippen MR) is 177 cm³/mol. The lowest BCUT2D eigenvalue weighted by Gasteiger charge is -2.28. The van der Waals surface area contributed by atoms with Crippen molar-refractivity contribution in [2.75, 3.05) is 0 Å².